The van der Waals surface area contributed by atoms with E-state index < -0.39 is 28.1 Å². The van der Waals surface area contributed by atoms with Gasteiger partial charge in [0.2, 0.25) is 10.9 Å². The molecule has 1 aliphatic rings. The Labute approximate surface area is 182 Å². The Bertz CT molecular complexity index is 1460. The third kappa shape index (κ3) is 2.97. The largest absolute Gasteiger partial charge is 0.450 e. The highest BCUT2D eigenvalue weighted by atomic mass is 32.1. The summed E-state index contributed by atoms with van der Waals surface area (Å²) in [5.74, 6) is -1.38. The van der Waals surface area contributed by atoms with Crippen LogP contribution in [0.15, 0.2) is 51.7 Å². The molecule has 0 bridgehead atoms. The number of rotatable bonds is 4. The molecule has 11 heteroatoms. The summed E-state index contributed by atoms with van der Waals surface area (Å²) in [5, 5.41) is 20.2. The van der Waals surface area contributed by atoms with E-state index in [9.17, 15) is 24.1 Å². The van der Waals surface area contributed by atoms with Crippen LogP contribution in [0.25, 0.3) is 11.0 Å². The number of fused-ring (bicyclic) bond motifs is 2. The third-order valence-corrected chi connectivity index (χ3v) is 6.28. The van der Waals surface area contributed by atoms with Crippen molar-refractivity contribution in [3.05, 3.63) is 90.5 Å². The van der Waals surface area contributed by atoms with Crippen molar-refractivity contribution in [2.75, 3.05) is 4.90 Å². The van der Waals surface area contributed by atoms with Crippen molar-refractivity contribution in [3.8, 4) is 0 Å². The number of hydrogen-bond donors (Lipinski definition) is 0. The minimum absolute atomic E-state index is 0.00294. The maximum absolute atomic E-state index is 13.8. The van der Waals surface area contributed by atoms with E-state index in [0.29, 0.717) is 17.0 Å². The topological polar surface area (TPSA) is 119 Å². The van der Waals surface area contributed by atoms with Crippen LogP contribution in [0.5, 0.6) is 0 Å². The zero-order valence-corrected chi connectivity index (χ0v) is 17.3. The van der Waals surface area contributed by atoms with Gasteiger partial charge in [-0.25, -0.2) is 4.39 Å². The van der Waals surface area contributed by atoms with E-state index >= 15 is 0 Å². The first-order valence-electron chi connectivity index (χ1n) is 9.55. The van der Waals surface area contributed by atoms with Gasteiger partial charge in [-0.15, -0.1) is 10.2 Å². The van der Waals surface area contributed by atoms with Crippen LogP contribution >= 0.6 is 11.3 Å². The average Bonchev–Trinajstić information content (AvgIpc) is 3.37. The summed E-state index contributed by atoms with van der Waals surface area (Å²) in [4.78, 5) is 38.5. The molecule has 160 valence electrons. The highest BCUT2D eigenvalue weighted by molar-refractivity contribution is 7.15. The number of amides is 1. The fourth-order valence-corrected chi connectivity index (χ4v) is 4.53. The molecule has 0 saturated heterocycles. The molecule has 0 N–H and O–H groups in total. The summed E-state index contributed by atoms with van der Waals surface area (Å²) in [5.41, 5.74) is -0.143. The maximum Gasteiger partial charge on any atom is 0.297 e. The van der Waals surface area contributed by atoms with Crippen molar-refractivity contribution in [3.63, 3.8) is 0 Å². The second-order valence-electron chi connectivity index (χ2n) is 7.07. The van der Waals surface area contributed by atoms with E-state index in [-0.39, 0.29) is 33.1 Å². The third-order valence-electron chi connectivity index (χ3n) is 5.22. The average molecular weight is 452 g/mol. The Morgan fingerprint density at radius 2 is 1.94 bits per heavy atom. The number of carbonyl (C=O) groups excluding carboxylic acids is 1. The van der Waals surface area contributed by atoms with Crippen molar-refractivity contribution < 1.29 is 18.5 Å². The number of hydrogen-bond acceptors (Lipinski definition) is 8. The molecule has 1 atom stereocenters. The lowest BCUT2D eigenvalue weighted by atomic mass is 9.98. The number of aryl methyl sites for hydroxylation is 1. The van der Waals surface area contributed by atoms with Crippen LogP contribution in [-0.4, -0.2) is 21.0 Å². The first kappa shape index (κ1) is 19.9. The van der Waals surface area contributed by atoms with Crippen LogP contribution in [0.2, 0.25) is 0 Å². The number of nitro groups is 1. The molecule has 1 unspecified atom stereocenters. The number of halogens is 1. The van der Waals surface area contributed by atoms with Gasteiger partial charge in [0.1, 0.15) is 16.4 Å². The van der Waals surface area contributed by atoms with Crippen LogP contribution in [0, 0.1) is 15.9 Å². The van der Waals surface area contributed by atoms with E-state index in [1.807, 2.05) is 6.92 Å². The Kier molecular flexibility index (Phi) is 4.55. The van der Waals surface area contributed by atoms with Gasteiger partial charge in [-0.1, -0.05) is 18.3 Å². The van der Waals surface area contributed by atoms with E-state index in [0.717, 1.165) is 12.1 Å². The van der Waals surface area contributed by atoms with Gasteiger partial charge in [-0.05, 0) is 42.3 Å². The zero-order valence-electron chi connectivity index (χ0n) is 16.4. The molecule has 0 radical (unpaired) electrons. The molecular weight excluding hydrogens is 439 g/mol. The standard InChI is InChI=1S/C21H13FN4O5S/c1-2-15-23-24-21(32-15)25-17(10-3-6-12(7-4-10)26(29)30)16-18(27)13-9-11(22)5-8-14(13)31-19(16)20(25)28/h3-9,17H,2H2,1H3. The monoisotopic (exact) mass is 452 g/mol. The second-order valence-corrected chi connectivity index (χ2v) is 8.11. The molecule has 4 aromatic rings. The highest BCUT2D eigenvalue weighted by Crippen LogP contribution is 2.42. The molecule has 2 aromatic carbocycles. The van der Waals surface area contributed by atoms with Gasteiger partial charge in [0.05, 0.1) is 21.9 Å². The van der Waals surface area contributed by atoms with E-state index in [4.69, 9.17) is 4.42 Å². The van der Waals surface area contributed by atoms with Crippen molar-refractivity contribution in [1.82, 2.24) is 10.2 Å². The van der Waals surface area contributed by atoms with Gasteiger partial charge in [0.15, 0.2) is 5.43 Å². The second kappa shape index (κ2) is 7.31. The number of aromatic nitrogens is 2. The molecule has 2 aromatic heterocycles. The zero-order chi connectivity index (χ0) is 22.6. The number of nitrogens with zero attached hydrogens (tertiary/aromatic N) is 4. The first-order chi connectivity index (χ1) is 15.4. The fraction of sp³-hybridized carbons (Fsp3) is 0.143. The molecule has 1 aliphatic heterocycles. The number of benzene rings is 2. The minimum Gasteiger partial charge on any atom is -0.450 e. The Balaban J connectivity index is 1.77. The molecule has 3 heterocycles. The van der Waals surface area contributed by atoms with Gasteiger partial charge in [-0.3, -0.25) is 24.6 Å². The predicted molar refractivity (Wildman–Crippen MR) is 113 cm³/mol. The highest BCUT2D eigenvalue weighted by Gasteiger charge is 2.45. The van der Waals surface area contributed by atoms with Gasteiger partial charge in [0, 0.05) is 12.1 Å². The lowest BCUT2D eigenvalue weighted by Gasteiger charge is -2.21. The summed E-state index contributed by atoms with van der Waals surface area (Å²) >= 11 is 1.19. The Morgan fingerprint density at radius 3 is 2.59 bits per heavy atom. The van der Waals surface area contributed by atoms with Crippen LogP contribution in [0.3, 0.4) is 0 Å². The molecule has 0 saturated carbocycles. The van der Waals surface area contributed by atoms with E-state index in [1.165, 1.54) is 46.6 Å². The quantitative estimate of drug-likeness (QED) is 0.339. The summed E-state index contributed by atoms with van der Waals surface area (Å²) < 4.78 is 19.6. The maximum atomic E-state index is 13.8. The number of nitro benzene ring substituents is 1. The predicted octanol–water partition coefficient (Wildman–Crippen LogP) is 4.00. The van der Waals surface area contributed by atoms with Crippen LogP contribution in [0.1, 0.15) is 39.7 Å². The number of carbonyl (C=O) groups is 1. The molecule has 0 spiro atoms. The van der Waals surface area contributed by atoms with Gasteiger partial charge >= 0.3 is 0 Å². The van der Waals surface area contributed by atoms with E-state index in [2.05, 4.69) is 10.2 Å². The van der Waals surface area contributed by atoms with Gasteiger partial charge in [-0.2, -0.15) is 0 Å². The van der Waals surface area contributed by atoms with Crippen molar-refractivity contribution in [2.24, 2.45) is 0 Å². The molecule has 0 fully saturated rings. The first-order valence-corrected chi connectivity index (χ1v) is 10.4. The molecule has 5 rings (SSSR count). The van der Waals surface area contributed by atoms with Crippen LogP contribution < -0.4 is 10.3 Å². The number of non-ortho nitro benzene ring substituents is 1. The summed E-state index contributed by atoms with van der Waals surface area (Å²) in [6, 6.07) is 8.04. The van der Waals surface area contributed by atoms with Crippen molar-refractivity contribution >= 4 is 39.0 Å². The lowest BCUT2D eigenvalue weighted by molar-refractivity contribution is -0.384. The molecule has 32 heavy (non-hydrogen) atoms. The Morgan fingerprint density at radius 1 is 1.19 bits per heavy atom. The van der Waals surface area contributed by atoms with Gasteiger partial charge < -0.3 is 4.42 Å². The summed E-state index contributed by atoms with van der Waals surface area (Å²) in [6.45, 7) is 1.89. The summed E-state index contributed by atoms with van der Waals surface area (Å²) in [7, 11) is 0. The lowest BCUT2D eigenvalue weighted by Crippen LogP contribution is -2.29. The Hall–Kier alpha value is -3.99. The van der Waals surface area contributed by atoms with E-state index in [1.54, 1.807) is 0 Å². The fourth-order valence-electron chi connectivity index (χ4n) is 3.72. The van der Waals surface area contributed by atoms with Crippen LogP contribution in [-0.2, 0) is 6.42 Å². The van der Waals surface area contributed by atoms with Gasteiger partial charge in [0.25, 0.3) is 11.6 Å². The SMILES string of the molecule is CCc1nnc(N2C(=O)c3oc4ccc(F)cc4c(=O)c3C2c2ccc([N+](=O)[O-])cc2)s1. The summed E-state index contributed by atoms with van der Waals surface area (Å²) in [6.07, 6.45) is 0.606. The molecule has 0 aliphatic carbocycles. The minimum atomic E-state index is -0.958. The molecular formula is C21H13FN4O5S. The van der Waals surface area contributed by atoms with Crippen LogP contribution in [0.4, 0.5) is 15.2 Å². The number of anilines is 1. The van der Waals surface area contributed by atoms with Crippen molar-refractivity contribution in [1.29, 1.82) is 0 Å². The normalized spacial score (nSPS) is 15.4. The smallest absolute Gasteiger partial charge is 0.297 e. The molecule has 9 nitrogen and oxygen atoms in total. The molecule has 1 amide bonds. The van der Waals surface area contributed by atoms with Crippen molar-refractivity contribution in [2.45, 2.75) is 19.4 Å².